The van der Waals surface area contributed by atoms with Crippen LogP contribution < -0.4 is 10.6 Å². The van der Waals surface area contributed by atoms with E-state index in [-0.39, 0.29) is 11.6 Å². The Balaban J connectivity index is 1.92. The number of nitrogens with one attached hydrogen (secondary N) is 2. The van der Waals surface area contributed by atoms with Gasteiger partial charge in [0.1, 0.15) is 5.69 Å². The molecule has 2 rings (SSSR count). The normalized spacial score (nSPS) is 10.5. The summed E-state index contributed by atoms with van der Waals surface area (Å²) in [6.45, 7) is 1.81. The molecule has 0 spiro atoms. The van der Waals surface area contributed by atoms with Gasteiger partial charge in [0.25, 0.3) is 11.6 Å². The van der Waals surface area contributed by atoms with Crippen LogP contribution in [0.4, 0.5) is 11.4 Å². The number of carbonyl (C=O) groups excluding carboxylic acids is 1. The second-order valence-corrected chi connectivity index (χ2v) is 5.88. The van der Waals surface area contributed by atoms with Crippen molar-refractivity contribution >= 4 is 17.3 Å². The smallest absolute Gasteiger partial charge is 0.292 e. The Morgan fingerprint density at radius 2 is 1.80 bits per heavy atom. The molecule has 0 aliphatic rings. The fourth-order valence-corrected chi connectivity index (χ4v) is 2.25. The Hall–Kier alpha value is -2.93. The van der Waals surface area contributed by atoms with Crippen LogP contribution >= 0.6 is 0 Å². The van der Waals surface area contributed by atoms with Crippen LogP contribution in [0.2, 0.25) is 0 Å². The number of carbonyl (C=O) groups is 1. The van der Waals surface area contributed by atoms with E-state index in [9.17, 15) is 14.9 Å². The maximum absolute atomic E-state index is 12.0. The Bertz CT molecular complexity index is 729. The average molecular weight is 342 g/mol. The van der Waals surface area contributed by atoms with Gasteiger partial charge in [0.15, 0.2) is 0 Å². The highest BCUT2D eigenvalue weighted by molar-refractivity contribution is 5.94. The topological polar surface area (TPSA) is 87.5 Å². The molecule has 0 unspecified atom stereocenters. The molecular formula is C18H22N4O3. The lowest BCUT2D eigenvalue weighted by molar-refractivity contribution is -0.384. The molecule has 0 heterocycles. The average Bonchev–Trinajstić information content (AvgIpc) is 2.60. The van der Waals surface area contributed by atoms with Gasteiger partial charge in [-0.2, -0.15) is 0 Å². The van der Waals surface area contributed by atoms with Crippen molar-refractivity contribution in [3.05, 3.63) is 69.8 Å². The molecule has 2 N–H and O–H groups in total. The number of nitro groups is 1. The molecule has 0 saturated heterocycles. The first-order valence-corrected chi connectivity index (χ1v) is 7.96. The standard InChI is InChI=1S/C18H22N4O3/c1-21(2)12-11-19-18(23)15-9-7-14(8-10-15)13-20-16-5-3-4-6-17(16)22(24)25/h3-10,20H,11-13H2,1-2H3,(H,19,23). The maximum atomic E-state index is 12.0. The number of amides is 1. The quantitative estimate of drug-likeness (QED) is 0.568. The van der Waals surface area contributed by atoms with Crippen molar-refractivity contribution in [3.8, 4) is 0 Å². The lowest BCUT2D eigenvalue weighted by Gasteiger charge is -2.11. The van der Waals surface area contributed by atoms with Crippen molar-refractivity contribution in [2.75, 3.05) is 32.5 Å². The Morgan fingerprint density at radius 3 is 2.44 bits per heavy atom. The molecule has 0 aliphatic heterocycles. The summed E-state index contributed by atoms with van der Waals surface area (Å²) >= 11 is 0. The van der Waals surface area contributed by atoms with Crippen LogP contribution in [-0.2, 0) is 6.54 Å². The van der Waals surface area contributed by atoms with Crippen LogP contribution in [0.25, 0.3) is 0 Å². The number of para-hydroxylation sites is 2. The van der Waals surface area contributed by atoms with E-state index in [1.54, 1.807) is 30.3 Å². The first kappa shape index (κ1) is 18.4. The van der Waals surface area contributed by atoms with Gasteiger partial charge < -0.3 is 15.5 Å². The summed E-state index contributed by atoms with van der Waals surface area (Å²) < 4.78 is 0. The molecule has 25 heavy (non-hydrogen) atoms. The molecule has 0 radical (unpaired) electrons. The van der Waals surface area contributed by atoms with Crippen molar-refractivity contribution in [2.45, 2.75) is 6.54 Å². The van der Waals surface area contributed by atoms with Crippen LogP contribution in [0.5, 0.6) is 0 Å². The van der Waals surface area contributed by atoms with Crippen molar-refractivity contribution < 1.29 is 9.72 Å². The first-order chi connectivity index (χ1) is 12.0. The molecule has 0 bridgehead atoms. The van der Waals surface area contributed by atoms with E-state index in [4.69, 9.17) is 0 Å². The summed E-state index contributed by atoms with van der Waals surface area (Å²) in [5.74, 6) is -0.111. The summed E-state index contributed by atoms with van der Waals surface area (Å²) in [6.07, 6.45) is 0. The van der Waals surface area contributed by atoms with Crippen LogP contribution in [-0.4, -0.2) is 42.9 Å². The molecule has 2 aromatic rings. The number of hydrogen-bond acceptors (Lipinski definition) is 5. The van der Waals surface area contributed by atoms with Gasteiger partial charge in [-0.05, 0) is 37.9 Å². The molecule has 0 atom stereocenters. The molecule has 0 aromatic heterocycles. The molecule has 0 saturated carbocycles. The SMILES string of the molecule is CN(C)CCNC(=O)c1ccc(CNc2ccccc2[N+](=O)[O-])cc1. The van der Waals surface area contributed by atoms with E-state index >= 15 is 0 Å². The van der Waals surface area contributed by atoms with E-state index in [1.807, 2.05) is 31.1 Å². The lowest BCUT2D eigenvalue weighted by atomic mass is 10.1. The number of rotatable bonds is 8. The van der Waals surface area contributed by atoms with E-state index in [1.165, 1.54) is 6.07 Å². The largest absolute Gasteiger partial charge is 0.375 e. The van der Waals surface area contributed by atoms with Gasteiger partial charge in [0.2, 0.25) is 0 Å². The van der Waals surface area contributed by atoms with Crippen LogP contribution in [0.15, 0.2) is 48.5 Å². The lowest BCUT2D eigenvalue weighted by Crippen LogP contribution is -2.31. The Kier molecular flexibility index (Phi) is 6.47. The molecular weight excluding hydrogens is 320 g/mol. The van der Waals surface area contributed by atoms with Gasteiger partial charge in [-0.15, -0.1) is 0 Å². The highest BCUT2D eigenvalue weighted by Crippen LogP contribution is 2.23. The number of nitro benzene ring substituents is 1. The fourth-order valence-electron chi connectivity index (χ4n) is 2.25. The van der Waals surface area contributed by atoms with E-state index in [2.05, 4.69) is 10.6 Å². The monoisotopic (exact) mass is 342 g/mol. The Labute approximate surface area is 146 Å². The van der Waals surface area contributed by atoms with Gasteiger partial charge >= 0.3 is 0 Å². The molecule has 1 amide bonds. The third-order valence-corrected chi connectivity index (χ3v) is 3.64. The molecule has 7 nitrogen and oxygen atoms in total. The summed E-state index contributed by atoms with van der Waals surface area (Å²) in [7, 11) is 3.90. The third kappa shape index (κ3) is 5.58. The van der Waals surface area contributed by atoms with Gasteiger partial charge in [-0.3, -0.25) is 14.9 Å². The summed E-state index contributed by atoms with van der Waals surface area (Å²) in [6, 6.07) is 13.7. The minimum absolute atomic E-state index is 0.0411. The van der Waals surface area contributed by atoms with Gasteiger partial charge in [0.05, 0.1) is 4.92 Å². The predicted octanol–water partition coefficient (Wildman–Crippen LogP) is 2.50. The van der Waals surface area contributed by atoms with E-state index in [0.29, 0.717) is 24.3 Å². The zero-order valence-corrected chi connectivity index (χ0v) is 14.4. The highest BCUT2D eigenvalue weighted by atomic mass is 16.6. The van der Waals surface area contributed by atoms with Gasteiger partial charge in [0, 0.05) is 31.3 Å². The molecule has 132 valence electrons. The maximum Gasteiger partial charge on any atom is 0.292 e. The van der Waals surface area contributed by atoms with Crippen molar-refractivity contribution in [1.29, 1.82) is 0 Å². The van der Waals surface area contributed by atoms with Gasteiger partial charge in [-0.25, -0.2) is 0 Å². The minimum Gasteiger partial charge on any atom is -0.375 e. The molecule has 7 heteroatoms. The number of benzene rings is 2. The second kappa shape index (κ2) is 8.79. The summed E-state index contributed by atoms with van der Waals surface area (Å²) in [5.41, 5.74) is 2.04. The second-order valence-electron chi connectivity index (χ2n) is 5.88. The number of likely N-dealkylation sites (N-methyl/N-ethyl adjacent to an activating group) is 1. The summed E-state index contributed by atoms with van der Waals surface area (Å²) in [4.78, 5) is 24.6. The Morgan fingerprint density at radius 1 is 1.12 bits per heavy atom. The molecule has 0 fully saturated rings. The van der Waals surface area contributed by atoms with Crippen molar-refractivity contribution in [3.63, 3.8) is 0 Å². The van der Waals surface area contributed by atoms with E-state index < -0.39 is 4.92 Å². The zero-order valence-electron chi connectivity index (χ0n) is 14.4. The predicted molar refractivity (Wildman–Crippen MR) is 97.8 cm³/mol. The first-order valence-electron chi connectivity index (χ1n) is 7.96. The van der Waals surface area contributed by atoms with Crippen LogP contribution in [0.1, 0.15) is 15.9 Å². The molecule has 2 aromatic carbocycles. The third-order valence-electron chi connectivity index (χ3n) is 3.64. The van der Waals surface area contributed by atoms with Crippen molar-refractivity contribution in [2.24, 2.45) is 0 Å². The number of hydrogen-bond donors (Lipinski definition) is 2. The number of anilines is 1. The highest BCUT2D eigenvalue weighted by Gasteiger charge is 2.11. The minimum atomic E-state index is -0.413. The van der Waals surface area contributed by atoms with Crippen LogP contribution in [0.3, 0.4) is 0 Å². The zero-order chi connectivity index (χ0) is 18.2. The fraction of sp³-hybridized carbons (Fsp3) is 0.278. The van der Waals surface area contributed by atoms with Crippen molar-refractivity contribution in [1.82, 2.24) is 10.2 Å². The summed E-state index contributed by atoms with van der Waals surface area (Å²) in [5, 5.41) is 16.9. The molecule has 0 aliphatic carbocycles. The van der Waals surface area contributed by atoms with Gasteiger partial charge in [-0.1, -0.05) is 24.3 Å². The number of nitrogens with zero attached hydrogens (tertiary/aromatic N) is 2. The van der Waals surface area contributed by atoms with Crippen LogP contribution in [0, 0.1) is 10.1 Å². The van der Waals surface area contributed by atoms with E-state index in [0.717, 1.165) is 12.1 Å².